The molecule has 0 unspecified atom stereocenters. The Morgan fingerprint density at radius 1 is 1.05 bits per heavy atom. The number of hydrogen-bond acceptors (Lipinski definition) is 3. The van der Waals surface area contributed by atoms with Gasteiger partial charge in [0.15, 0.2) is 0 Å². The first-order valence-electron chi connectivity index (χ1n) is 6.13. The molecular formula is C15H10Cl2N2OS. The quantitative estimate of drug-likeness (QED) is 0.663. The van der Waals surface area contributed by atoms with E-state index in [1.165, 1.54) is 11.3 Å². The second kappa shape index (κ2) is 5.93. The van der Waals surface area contributed by atoms with Crippen molar-refractivity contribution in [3.05, 3.63) is 63.5 Å². The first kappa shape index (κ1) is 14.2. The fraction of sp³-hybridized carbons (Fsp3) is 0. The number of fused-ring (bicyclic) bond motifs is 1. The summed E-state index contributed by atoms with van der Waals surface area (Å²) in [6, 6.07) is 14.7. The van der Waals surface area contributed by atoms with Gasteiger partial charge in [0.1, 0.15) is 0 Å². The summed E-state index contributed by atoms with van der Waals surface area (Å²) in [6.45, 7) is 0. The van der Waals surface area contributed by atoms with E-state index in [0.29, 0.717) is 20.6 Å². The molecule has 1 amide bonds. The Balaban J connectivity index is 1.75. The van der Waals surface area contributed by atoms with Crippen molar-refractivity contribution in [3.8, 4) is 0 Å². The van der Waals surface area contributed by atoms with Gasteiger partial charge in [-0.15, -0.1) is 11.3 Å². The molecule has 6 heteroatoms. The molecule has 21 heavy (non-hydrogen) atoms. The largest absolute Gasteiger partial charge is 0.297 e. The summed E-state index contributed by atoms with van der Waals surface area (Å²) < 4.78 is 1.07. The molecule has 1 heterocycles. The molecule has 3 aromatic rings. The Hall–Kier alpha value is -1.75. The van der Waals surface area contributed by atoms with Gasteiger partial charge in [-0.1, -0.05) is 41.4 Å². The number of hydrazine groups is 1. The summed E-state index contributed by atoms with van der Waals surface area (Å²) in [5, 5.41) is 2.07. The fourth-order valence-electron chi connectivity index (χ4n) is 1.87. The Morgan fingerprint density at radius 2 is 1.86 bits per heavy atom. The van der Waals surface area contributed by atoms with Gasteiger partial charge in [0.25, 0.3) is 5.91 Å². The van der Waals surface area contributed by atoms with Crippen LogP contribution in [0, 0.1) is 0 Å². The number of nitrogens with one attached hydrogen (secondary N) is 2. The smallest absolute Gasteiger partial charge is 0.279 e. The monoisotopic (exact) mass is 336 g/mol. The molecule has 0 radical (unpaired) electrons. The van der Waals surface area contributed by atoms with Crippen LogP contribution in [0.4, 0.5) is 5.69 Å². The summed E-state index contributed by atoms with van der Waals surface area (Å²) in [7, 11) is 0. The van der Waals surface area contributed by atoms with Gasteiger partial charge in [-0.05, 0) is 35.7 Å². The molecule has 3 nitrogen and oxygen atoms in total. The summed E-state index contributed by atoms with van der Waals surface area (Å²) in [5.41, 5.74) is 5.96. The van der Waals surface area contributed by atoms with Crippen molar-refractivity contribution in [1.29, 1.82) is 0 Å². The highest BCUT2D eigenvalue weighted by Gasteiger charge is 2.10. The van der Waals surface area contributed by atoms with Crippen LogP contribution in [0.25, 0.3) is 10.1 Å². The average Bonchev–Trinajstić information content (AvgIpc) is 2.92. The SMILES string of the molecule is O=C(NNc1cc(Cl)ccc1Cl)c1cc2ccccc2s1. The van der Waals surface area contributed by atoms with Crippen molar-refractivity contribution in [1.82, 2.24) is 5.43 Å². The fourth-order valence-corrected chi connectivity index (χ4v) is 3.17. The van der Waals surface area contributed by atoms with Gasteiger partial charge in [0, 0.05) is 9.72 Å². The third-order valence-corrected chi connectivity index (χ3v) is 4.57. The van der Waals surface area contributed by atoms with Crippen LogP contribution in [0.3, 0.4) is 0 Å². The third kappa shape index (κ3) is 3.13. The maximum absolute atomic E-state index is 12.1. The molecule has 0 atom stereocenters. The van der Waals surface area contributed by atoms with Crippen LogP contribution in [-0.2, 0) is 0 Å². The minimum absolute atomic E-state index is 0.216. The number of carbonyl (C=O) groups is 1. The van der Waals surface area contributed by atoms with Crippen molar-refractivity contribution >= 4 is 56.2 Å². The molecule has 0 bridgehead atoms. The molecule has 106 valence electrons. The van der Waals surface area contributed by atoms with E-state index in [4.69, 9.17) is 23.2 Å². The van der Waals surface area contributed by atoms with Crippen molar-refractivity contribution in [2.45, 2.75) is 0 Å². The zero-order valence-corrected chi connectivity index (χ0v) is 13.0. The van der Waals surface area contributed by atoms with Gasteiger partial charge in [0.2, 0.25) is 0 Å². The summed E-state index contributed by atoms with van der Waals surface area (Å²) in [6.07, 6.45) is 0. The Morgan fingerprint density at radius 3 is 2.67 bits per heavy atom. The number of hydrogen-bond donors (Lipinski definition) is 2. The molecule has 0 aliphatic carbocycles. The lowest BCUT2D eigenvalue weighted by molar-refractivity contribution is 0.0967. The average molecular weight is 337 g/mol. The van der Waals surface area contributed by atoms with Gasteiger partial charge in [0.05, 0.1) is 15.6 Å². The van der Waals surface area contributed by atoms with Crippen LogP contribution in [0.1, 0.15) is 9.67 Å². The first-order valence-corrected chi connectivity index (χ1v) is 7.71. The molecule has 0 fully saturated rings. The second-order valence-electron chi connectivity index (χ2n) is 4.35. The minimum atomic E-state index is -0.216. The molecule has 2 aromatic carbocycles. The van der Waals surface area contributed by atoms with E-state index >= 15 is 0 Å². The van der Waals surface area contributed by atoms with E-state index in [0.717, 1.165) is 10.1 Å². The number of anilines is 1. The molecule has 0 aliphatic rings. The molecule has 0 saturated carbocycles. The molecule has 0 aliphatic heterocycles. The van der Waals surface area contributed by atoms with E-state index in [1.807, 2.05) is 30.3 Å². The van der Waals surface area contributed by atoms with Crippen molar-refractivity contribution in [2.75, 3.05) is 5.43 Å². The maximum Gasteiger partial charge on any atom is 0.279 e. The summed E-state index contributed by atoms with van der Waals surface area (Å²) in [4.78, 5) is 12.8. The van der Waals surface area contributed by atoms with E-state index in [-0.39, 0.29) is 5.91 Å². The van der Waals surface area contributed by atoms with Crippen LogP contribution in [0.5, 0.6) is 0 Å². The maximum atomic E-state index is 12.1. The highest BCUT2D eigenvalue weighted by Crippen LogP contribution is 2.26. The summed E-state index contributed by atoms with van der Waals surface area (Å²) >= 11 is 13.4. The van der Waals surface area contributed by atoms with E-state index in [1.54, 1.807) is 18.2 Å². The minimum Gasteiger partial charge on any atom is -0.297 e. The van der Waals surface area contributed by atoms with Crippen LogP contribution in [0.2, 0.25) is 10.0 Å². The van der Waals surface area contributed by atoms with E-state index < -0.39 is 0 Å². The number of halogens is 2. The highest BCUT2D eigenvalue weighted by atomic mass is 35.5. The van der Waals surface area contributed by atoms with E-state index in [9.17, 15) is 4.79 Å². The van der Waals surface area contributed by atoms with Crippen LogP contribution >= 0.6 is 34.5 Å². The predicted molar refractivity (Wildman–Crippen MR) is 89.4 cm³/mol. The van der Waals surface area contributed by atoms with Gasteiger partial charge in [-0.3, -0.25) is 15.6 Å². The molecule has 3 rings (SSSR count). The summed E-state index contributed by atoms with van der Waals surface area (Å²) in [5.74, 6) is -0.216. The number of rotatable bonds is 3. The van der Waals surface area contributed by atoms with Crippen LogP contribution < -0.4 is 10.9 Å². The number of carbonyl (C=O) groups excluding carboxylic acids is 1. The molecule has 2 N–H and O–H groups in total. The van der Waals surface area contributed by atoms with Gasteiger partial charge in [-0.25, -0.2) is 0 Å². The van der Waals surface area contributed by atoms with Crippen LogP contribution in [0.15, 0.2) is 48.5 Å². The number of benzene rings is 2. The number of amides is 1. The normalized spacial score (nSPS) is 10.6. The molecule has 0 spiro atoms. The van der Waals surface area contributed by atoms with Crippen LogP contribution in [-0.4, -0.2) is 5.91 Å². The topological polar surface area (TPSA) is 41.1 Å². The Kier molecular flexibility index (Phi) is 4.01. The lowest BCUT2D eigenvalue weighted by Crippen LogP contribution is -2.28. The van der Waals surface area contributed by atoms with Crippen molar-refractivity contribution < 1.29 is 4.79 Å². The Bertz CT molecular complexity index is 783. The molecule has 0 saturated heterocycles. The lowest BCUT2D eigenvalue weighted by atomic mass is 10.2. The van der Waals surface area contributed by atoms with Crippen molar-refractivity contribution in [3.63, 3.8) is 0 Å². The Labute approximate surface area is 135 Å². The van der Waals surface area contributed by atoms with Gasteiger partial charge in [-0.2, -0.15) is 0 Å². The van der Waals surface area contributed by atoms with E-state index in [2.05, 4.69) is 10.9 Å². The zero-order valence-electron chi connectivity index (χ0n) is 10.7. The molecule has 1 aromatic heterocycles. The molecular weight excluding hydrogens is 327 g/mol. The van der Waals surface area contributed by atoms with Crippen molar-refractivity contribution in [2.24, 2.45) is 0 Å². The second-order valence-corrected chi connectivity index (χ2v) is 6.28. The standard InChI is InChI=1S/C15H10Cl2N2OS/c16-10-5-6-11(17)12(8-10)18-19-15(20)14-7-9-3-1-2-4-13(9)21-14/h1-8,18H,(H,19,20). The highest BCUT2D eigenvalue weighted by molar-refractivity contribution is 7.20. The van der Waals surface area contributed by atoms with Gasteiger partial charge < -0.3 is 0 Å². The predicted octanol–water partition coefficient (Wildman–Crippen LogP) is 4.97. The third-order valence-electron chi connectivity index (χ3n) is 2.89. The van der Waals surface area contributed by atoms with Gasteiger partial charge >= 0.3 is 0 Å². The lowest BCUT2D eigenvalue weighted by Gasteiger charge is -2.09. The number of thiophene rings is 1. The first-order chi connectivity index (χ1) is 10.1. The zero-order chi connectivity index (χ0) is 14.8.